The highest BCUT2D eigenvalue weighted by Crippen LogP contribution is 2.30. The van der Waals surface area contributed by atoms with Crippen LogP contribution in [0.2, 0.25) is 0 Å². The number of esters is 1. The first-order chi connectivity index (χ1) is 10.0. The van der Waals surface area contributed by atoms with Gasteiger partial charge in [-0.15, -0.1) is 0 Å². The second-order valence-corrected chi connectivity index (χ2v) is 5.76. The van der Waals surface area contributed by atoms with Crippen molar-refractivity contribution >= 4 is 23.4 Å². The Bertz CT molecular complexity index is 671. The highest BCUT2D eigenvalue weighted by Gasteiger charge is 2.13. The molecule has 0 aliphatic carbocycles. The van der Waals surface area contributed by atoms with Gasteiger partial charge in [-0.2, -0.15) is 0 Å². The Morgan fingerprint density at radius 1 is 1.33 bits per heavy atom. The van der Waals surface area contributed by atoms with Crippen molar-refractivity contribution in [3.8, 4) is 0 Å². The average Bonchev–Trinajstić information content (AvgIpc) is 2.44. The SMILES string of the molecule is CCOC(=O)c1cc(Sc2ccc(C)cc2C)ncc1N. The lowest BCUT2D eigenvalue weighted by Gasteiger charge is -2.09. The van der Waals surface area contributed by atoms with Crippen LogP contribution in [-0.2, 0) is 4.74 Å². The van der Waals surface area contributed by atoms with Crippen LogP contribution in [-0.4, -0.2) is 17.6 Å². The van der Waals surface area contributed by atoms with E-state index in [2.05, 4.69) is 37.0 Å². The maximum absolute atomic E-state index is 11.8. The van der Waals surface area contributed by atoms with Gasteiger partial charge in [-0.3, -0.25) is 0 Å². The Hall–Kier alpha value is -2.01. The van der Waals surface area contributed by atoms with Crippen molar-refractivity contribution < 1.29 is 9.53 Å². The number of carbonyl (C=O) groups is 1. The Kier molecular flexibility index (Phi) is 4.85. The number of ether oxygens (including phenoxy) is 1. The number of nitrogens with two attached hydrogens (primary N) is 1. The first-order valence-corrected chi connectivity index (χ1v) is 7.50. The molecule has 1 aromatic carbocycles. The van der Waals surface area contributed by atoms with Gasteiger partial charge in [0.25, 0.3) is 0 Å². The predicted molar refractivity (Wildman–Crippen MR) is 84.6 cm³/mol. The molecule has 0 saturated carbocycles. The van der Waals surface area contributed by atoms with E-state index in [4.69, 9.17) is 10.5 Å². The number of rotatable bonds is 4. The van der Waals surface area contributed by atoms with E-state index >= 15 is 0 Å². The summed E-state index contributed by atoms with van der Waals surface area (Å²) in [7, 11) is 0. The van der Waals surface area contributed by atoms with Crippen LogP contribution in [0.1, 0.15) is 28.4 Å². The number of anilines is 1. The van der Waals surface area contributed by atoms with Crippen LogP contribution in [0.5, 0.6) is 0 Å². The third-order valence-electron chi connectivity index (χ3n) is 2.95. The zero-order chi connectivity index (χ0) is 15.4. The molecule has 0 aliphatic rings. The van der Waals surface area contributed by atoms with E-state index in [0.29, 0.717) is 17.9 Å². The molecule has 21 heavy (non-hydrogen) atoms. The number of carbonyl (C=O) groups excluding carboxylic acids is 1. The number of benzene rings is 1. The summed E-state index contributed by atoms with van der Waals surface area (Å²) in [6, 6.07) is 7.90. The fraction of sp³-hybridized carbons (Fsp3) is 0.250. The van der Waals surface area contributed by atoms with Crippen molar-refractivity contribution in [2.45, 2.75) is 30.7 Å². The Balaban J connectivity index is 2.28. The number of hydrogen-bond acceptors (Lipinski definition) is 5. The standard InChI is InChI=1S/C16H18N2O2S/c1-4-20-16(19)12-8-15(18-9-13(12)17)21-14-6-5-10(2)7-11(14)3/h5-9H,4,17H2,1-3H3. The summed E-state index contributed by atoms with van der Waals surface area (Å²) in [5, 5.41) is 0.721. The quantitative estimate of drug-likeness (QED) is 0.874. The smallest absolute Gasteiger partial charge is 0.340 e. The van der Waals surface area contributed by atoms with Crippen molar-refractivity contribution in [2.24, 2.45) is 0 Å². The van der Waals surface area contributed by atoms with E-state index in [1.807, 2.05) is 0 Å². The molecule has 2 rings (SSSR count). The highest BCUT2D eigenvalue weighted by atomic mass is 32.2. The molecule has 4 nitrogen and oxygen atoms in total. The summed E-state index contributed by atoms with van der Waals surface area (Å²) in [4.78, 5) is 17.2. The normalized spacial score (nSPS) is 10.4. The topological polar surface area (TPSA) is 65.2 Å². The fourth-order valence-electron chi connectivity index (χ4n) is 1.91. The molecule has 0 saturated heterocycles. The number of pyridine rings is 1. The van der Waals surface area contributed by atoms with E-state index in [0.717, 1.165) is 9.92 Å². The van der Waals surface area contributed by atoms with Gasteiger partial charge in [-0.1, -0.05) is 29.5 Å². The zero-order valence-corrected chi connectivity index (χ0v) is 13.2. The van der Waals surface area contributed by atoms with Crippen molar-refractivity contribution in [1.29, 1.82) is 0 Å². The van der Waals surface area contributed by atoms with Gasteiger partial charge in [0.05, 0.1) is 24.1 Å². The van der Waals surface area contributed by atoms with E-state index in [1.165, 1.54) is 29.1 Å². The summed E-state index contributed by atoms with van der Waals surface area (Å²) in [5.41, 5.74) is 8.88. The molecule has 0 bridgehead atoms. The van der Waals surface area contributed by atoms with Gasteiger partial charge in [-0.25, -0.2) is 9.78 Å². The summed E-state index contributed by atoms with van der Waals surface area (Å²) in [6.07, 6.45) is 1.50. The molecule has 1 heterocycles. The van der Waals surface area contributed by atoms with E-state index in [-0.39, 0.29) is 0 Å². The molecule has 5 heteroatoms. The van der Waals surface area contributed by atoms with Crippen LogP contribution in [0.15, 0.2) is 40.4 Å². The lowest BCUT2D eigenvalue weighted by molar-refractivity contribution is 0.0527. The number of aromatic nitrogens is 1. The highest BCUT2D eigenvalue weighted by molar-refractivity contribution is 7.99. The number of hydrogen-bond donors (Lipinski definition) is 1. The van der Waals surface area contributed by atoms with Crippen LogP contribution in [0, 0.1) is 13.8 Å². The summed E-state index contributed by atoms with van der Waals surface area (Å²) in [5.74, 6) is -0.417. The van der Waals surface area contributed by atoms with Gasteiger partial charge >= 0.3 is 5.97 Å². The average molecular weight is 302 g/mol. The summed E-state index contributed by atoms with van der Waals surface area (Å²) in [6.45, 7) is 6.20. The minimum absolute atomic E-state index is 0.320. The Morgan fingerprint density at radius 3 is 2.76 bits per heavy atom. The van der Waals surface area contributed by atoms with Crippen LogP contribution < -0.4 is 5.73 Å². The largest absolute Gasteiger partial charge is 0.462 e. The molecule has 0 radical (unpaired) electrons. The molecule has 0 aliphatic heterocycles. The van der Waals surface area contributed by atoms with Gasteiger partial charge < -0.3 is 10.5 Å². The molecule has 2 N–H and O–H groups in total. The van der Waals surface area contributed by atoms with Crippen LogP contribution in [0.25, 0.3) is 0 Å². The van der Waals surface area contributed by atoms with Crippen LogP contribution in [0.4, 0.5) is 5.69 Å². The van der Waals surface area contributed by atoms with E-state index < -0.39 is 5.97 Å². The molecule has 2 aromatic rings. The summed E-state index contributed by atoms with van der Waals surface area (Å²) >= 11 is 1.51. The third kappa shape index (κ3) is 3.76. The molecule has 0 atom stereocenters. The van der Waals surface area contributed by atoms with Gasteiger partial charge in [0.1, 0.15) is 5.03 Å². The molecular formula is C16H18N2O2S. The molecule has 1 aromatic heterocycles. The molecule has 0 fully saturated rings. The van der Waals surface area contributed by atoms with Gasteiger partial charge in [0, 0.05) is 4.90 Å². The minimum Gasteiger partial charge on any atom is -0.462 e. The van der Waals surface area contributed by atoms with Crippen LogP contribution >= 0.6 is 11.8 Å². The third-order valence-corrected chi connectivity index (χ3v) is 4.06. The minimum atomic E-state index is -0.417. The number of aryl methyl sites for hydroxylation is 2. The first kappa shape index (κ1) is 15.4. The molecule has 110 valence electrons. The lowest BCUT2D eigenvalue weighted by Crippen LogP contribution is -2.08. The Labute approximate surface area is 128 Å². The number of nitrogen functional groups attached to an aromatic ring is 1. The van der Waals surface area contributed by atoms with Gasteiger partial charge in [0.2, 0.25) is 0 Å². The monoisotopic (exact) mass is 302 g/mol. The molecule has 0 amide bonds. The molecule has 0 unspecified atom stereocenters. The Morgan fingerprint density at radius 2 is 2.10 bits per heavy atom. The zero-order valence-electron chi connectivity index (χ0n) is 12.3. The van der Waals surface area contributed by atoms with Gasteiger partial charge in [-0.05, 0) is 38.5 Å². The number of nitrogens with zero attached hydrogens (tertiary/aromatic N) is 1. The molecule has 0 spiro atoms. The fourth-order valence-corrected chi connectivity index (χ4v) is 2.78. The lowest BCUT2D eigenvalue weighted by atomic mass is 10.2. The van der Waals surface area contributed by atoms with Crippen molar-refractivity contribution in [3.63, 3.8) is 0 Å². The van der Waals surface area contributed by atoms with E-state index in [9.17, 15) is 4.79 Å². The molecular weight excluding hydrogens is 284 g/mol. The van der Waals surface area contributed by atoms with Crippen molar-refractivity contribution in [1.82, 2.24) is 4.98 Å². The van der Waals surface area contributed by atoms with Gasteiger partial charge in [0.15, 0.2) is 0 Å². The van der Waals surface area contributed by atoms with Crippen molar-refractivity contribution in [2.75, 3.05) is 12.3 Å². The second-order valence-electron chi connectivity index (χ2n) is 4.70. The summed E-state index contributed by atoms with van der Waals surface area (Å²) < 4.78 is 5.00. The predicted octanol–water partition coefficient (Wildman–Crippen LogP) is 3.61. The van der Waals surface area contributed by atoms with Crippen molar-refractivity contribution in [3.05, 3.63) is 47.2 Å². The second kappa shape index (κ2) is 6.63. The van der Waals surface area contributed by atoms with Crippen LogP contribution in [0.3, 0.4) is 0 Å². The van der Waals surface area contributed by atoms with E-state index in [1.54, 1.807) is 13.0 Å². The maximum Gasteiger partial charge on any atom is 0.340 e. The first-order valence-electron chi connectivity index (χ1n) is 6.69. The maximum atomic E-state index is 11.8.